The molecule has 3 rings (SSSR count). The molecule has 0 saturated carbocycles. The molecule has 1 fully saturated rings. The van der Waals surface area contributed by atoms with Crippen molar-refractivity contribution in [1.82, 2.24) is 10.4 Å². The number of carbonyl (C=O) groups excluding carboxylic acids is 2. The summed E-state index contributed by atoms with van der Waals surface area (Å²) in [4.78, 5) is 24.3. The summed E-state index contributed by atoms with van der Waals surface area (Å²) in [5, 5.41) is 0.531. The first kappa shape index (κ1) is 16.1. The number of nitrogens with two attached hydrogens (primary N) is 1. The van der Waals surface area contributed by atoms with Gasteiger partial charge in [-0.25, -0.2) is 5.01 Å². The van der Waals surface area contributed by atoms with Gasteiger partial charge in [-0.2, -0.15) is 0 Å². The Morgan fingerprint density at radius 1 is 1.17 bits per heavy atom. The molecular weight excluding hydrogens is 330 g/mol. The van der Waals surface area contributed by atoms with Crippen molar-refractivity contribution >= 4 is 29.1 Å². The number of halogens is 1. The number of hydrogen-bond acceptors (Lipinski definition) is 4. The molecule has 0 aromatic heterocycles. The van der Waals surface area contributed by atoms with Crippen LogP contribution in [0.25, 0.3) is 0 Å². The molecule has 3 N–H and O–H groups in total. The fraction of sp³-hybridized carbons (Fsp3) is 0.176. The molecule has 2 atom stereocenters. The summed E-state index contributed by atoms with van der Waals surface area (Å²) in [6.45, 7) is 0. The van der Waals surface area contributed by atoms with Gasteiger partial charge in [-0.05, 0) is 42.0 Å². The number of benzene rings is 2. The number of rotatable bonds is 4. The number of hydrazine groups is 1. The maximum atomic E-state index is 12.3. The van der Waals surface area contributed by atoms with Crippen LogP contribution in [0.2, 0.25) is 0 Å². The van der Waals surface area contributed by atoms with Crippen LogP contribution in [0.4, 0.5) is 5.69 Å². The number of β-lactam (4-membered cyclic amide) rings is 1. The fourth-order valence-corrected chi connectivity index (χ4v) is 2.87. The van der Waals surface area contributed by atoms with E-state index < -0.39 is 17.3 Å². The van der Waals surface area contributed by atoms with Crippen molar-refractivity contribution in [2.24, 2.45) is 0 Å². The molecule has 24 heavy (non-hydrogen) atoms. The van der Waals surface area contributed by atoms with Crippen LogP contribution >= 0.6 is 11.6 Å². The predicted molar refractivity (Wildman–Crippen MR) is 90.5 cm³/mol. The molecule has 0 unspecified atom stereocenters. The second-order valence-electron chi connectivity index (χ2n) is 5.39. The molecule has 6 nitrogen and oxygen atoms in total. The lowest BCUT2D eigenvalue weighted by Gasteiger charge is -2.43. The highest BCUT2D eigenvalue weighted by atomic mass is 35.5. The molecule has 1 aliphatic rings. The van der Waals surface area contributed by atoms with Gasteiger partial charge in [0.2, 0.25) is 0 Å². The Hall–Kier alpha value is -2.73. The third-order valence-corrected chi connectivity index (χ3v) is 4.31. The van der Waals surface area contributed by atoms with Gasteiger partial charge in [-0.3, -0.25) is 15.0 Å². The molecule has 124 valence electrons. The van der Waals surface area contributed by atoms with Gasteiger partial charge in [0.1, 0.15) is 17.2 Å². The summed E-state index contributed by atoms with van der Waals surface area (Å²) in [6, 6.07) is 13.2. The monoisotopic (exact) mass is 345 g/mol. The molecule has 0 aliphatic carbocycles. The SMILES string of the molecule is COc1ccc([C@@H]2[C@@H](Cl)C(=O)N2NC(=O)c2ccc(N)cc2)cc1. The summed E-state index contributed by atoms with van der Waals surface area (Å²) < 4.78 is 5.11. The maximum Gasteiger partial charge on any atom is 0.269 e. The van der Waals surface area contributed by atoms with E-state index in [0.29, 0.717) is 17.0 Å². The lowest BCUT2D eigenvalue weighted by atomic mass is 9.95. The summed E-state index contributed by atoms with van der Waals surface area (Å²) in [5.74, 6) is -0.0420. The van der Waals surface area contributed by atoms with Crippen molar-refractivity contribution in [1.29, 1.82) is 0 Å². The van der Waals surface area contributed by atoms with Gasteiger partial charge in [0.25, 0.3) is 11.8 Å². The van der Waals surface area contributed by atoms with Crippen molar-refractivity contribution in [3.63, 3.8) is 0 Å². The molecule has 0 bridgehead atoms. The Bertz CT molecular complexity index is 762. The van der Waals surface area contributed by atoms with Gasteiger partial charge in [0.05, 0.1) is 7.11 Å². The number of carbonyl (C=O) groups is 2. The number of amides is 2. The molecule has 2 aromatic rings. The number of hydrogen-bond donors (Lipinski definition) is 2. The third-order valence-electron chi connectivity index (χ3n) is 3.88. The average Bonchev–Trinajstić information content (AvgIpc) is 2.61. The summed E-state index contributed by atoms with van der Waals surface area (Å²) >= 11 is 6.13. The van der Waals surface area contributed by atoms with Crippen LogP contribution in [0.1, 0.15) is 22.0 Å². The zero-order valence-corrected chi connectivity index (χ0v) is 13.7. The molecule has 0 spiro atoms. The highest BCUT2D eigenvalue weighted by molar-refractivity contribution is 6.33. The molecule has 1 saturated heterocycles. The van der Waals surface area contributed by atoms with E-state index in [0.717, 1.165) is 5.56 Å². The maximum absolute atomic E-state index is 12.3. The van der Waals surface area contributed by atoms with Crippen LogP contribution in [-0.2, 0) is 4.79 Å². The van der Waals surface area contributed by atoms with Crippen molar-refractivity contribution in [2.75, 3.05) is 12.8 Å². The highest BCUT2D eigenvalue weighted by Gasteiger charge is 2.48. The lowest BCUT2D eigenvalue weighted by molar-refractivity contribution is -0.149. The molecule has 2 amide bonds. The first-order valence-electron chi connectivity index (χ1n) is 7.29. The van der Waals surface area contributed by atoms with Gasteiger partial charge in [-0.15, -0.1) is 11.6 Å². The Balaban J connectivity index is 1.76. The topological polar surface area (TPSA) is 84.7 Å². The number of alkyl halides is 1. The number of methoxy groups -OCH3 is 1. The van der Waals surface area contributed by atoms with Crippen LogP contribution in [0, 0.1) is 0 Å². The van der Waals surface area contributed by atoms with Crippen molar-refractivity contribution in [3.8, 4) is 5.75 Å². The number of nitrogen functional groups attached to an aromatic ring is 1. The van der Waals surface area contributed by atoms with Gasteiger partial charge in [0, 0.05) is 11.3 Å². The van der Waals surface area contributed by atoms with Gasteiger partial charge in [-0.1, -0.05) is 12.1 Å². The first-order valence-corrected chi connectivity index (χ1v) is 7.72. The van der Waals surface area contributed by atoms with E-state index in [2.05, 4.69) is 5.43 Å². The zero-order chi connectivity index (χ0) is 17.3. The number of ether oxygens (including phenoxy) is 1. The Kier molecular flexibility index (Phi) is 4.31. The van der Waals surface area contributed by atoms with E-state index in [9.17, 15) is 9.59 Å². The quantitative estimate of drug-likeness (QED) is 0.505. The van der Waals surface area contributed by atoms with Gasteiger partial charge < -0.3 is 10.5 Å². The highest BCUT2D eigenvalue weighted by Crippen LogP contribution is 2.37. The molecular formula is C17H16ClN3O3. The van der Waals surface area contributed by atoms with Crippen molar-refractivity contribution in [2.45, 2.75) is 11.4 Å². The van der Waals surface area contributed by atoms with Gasteiger partial charge in [0.15, 0.2) is 0 Å². The minimum atomic E-state index is -0.717. The largest absolute Gasteiger partial charge is 0.497 e. The molecule has 1 aliphatic heterocycles. The van der Waals surface area contributed by atoms with Crippen molar-refractivity contribution < 1.29 is 14.3 Å². The molecule has 2 aromatic carbocycles. The minimum Gasteiger partial charge on any atom is -0.497 e. The average molecular weight is 346 g/mol. The number of nitrogens with zero attached hydrogens (tertiary/aromatic N) is 1. The second kappa shape index (κ2) is 6.41. The van der Waals surface area contributed by atoms with Crippen LogP contribution in [0.5, 0.6) is 5.75 Å². The Morgan fingerprint density at radius 2 is 1.79 bits per heavy atom. The zero-order valence-electron chi connectivity index (χ0n) is 12.9. The second-order valence-corrected chi connectivity index (χ2v) is 5.86. The fourth-order valence-electron chi connectivity index (χ4n) is 2.51. The van der Waals surface area contributed by atoms with E-state index in [-0.39, 0.29) is 5.91 Å². The molecule has 0 radical (unpaired) electrons. The Labute approximate surface area is 144 Å². The molecule has 7 heteroatoms. The predicted octanol–water partition coefficient (Wildman–Crippen LogP) is 2.11. The van der Waals surface area contributed by atoms with Crippen LogP contribution in [-0.4, -0.2) is 29.3 Å². The third kappa shape index (κ3) is 2.88. The molecule has 1 heterocycles. The normalized spacial score (nSPS) is 19.6. The van der Waals surface area contributed by atoms with Crippen molar-refractivity contribution in [3.05, 3.63) is 59.7 Å². The lowest BCUT2D eigenvalue weighted by Crippen LogP contribution is -2.63. The summed E-state index contributed by atoms with van der Waals surface area (Å²) in [7, 11) is 1.57. The summed E-state index contributed by atoms with van der Waals surface area (Å²) in [5.41, 5.74) is 9.98. The van der Waals surface area contributed by atoms with Crippen LogP contribution in [0.15, 0.2) is 48.5 Å². The minimum absolute atomic E-state index is 0.346. The van der Waals surface area contributed by atoms with Gasteiger partial charge >= 0.3 is 0 Å². The van der Waals surface area contributed by atoms with Crippen LogP contribution in [0.3, 0.4) is 0 Å². The van der Waals surface area contributed by atoms with E-state index in [4.69, 9.17) is 22.1 Å². The standard InChI is InChI=1S/C17H16ClN3O3/c1-24-13-8-4-10(5-9-13)15-14(18)17(23)21(15)20-16(22)11-2-6-12(19)7-3-11/h2-9,14-15H,19H2,1H3,(H,20,22)/t14-,15-/m1/s1. The number of anilines is 1. The smallest absolute Gasteiger partial charge is 0.269 e. The van der Waals surface area contributed by atoms with E-state index >= 15 is 0 Å². The first-order chi connectivity index (χ1) is 11.5. The Morgan fingerprint density at radius 3 is 2.38 bits per heavy atom. The van der Waals surface area contributed by atoms with E-state index in [1.165, 1.54) is 5.01 Å². The number of nitrogens with one attached hydrogen (secondary N) is 1. The summed E-state index contributed by atoms with van der Waals surface area (Å²) in [6.07, 6.45) is 0. The van der Waals surface area contributed by atoms with E-state index in [1.54, 1.807) is 43.5 Å². The van der Waals surface area contributed by atoms with E-state index in [1.807, 2.05) is 12.1 Å². The van der Waals surface area contributed by atoms with Crippen LogP contribution < -0.4 is 15.9 Å².